The van der Waals surface area contributed by atoms with E-state index >= 15 is 0 Å². The molecule has 3 aliphatic rings. The number of ether oxygens (including phenoxy) is 1. The van der Waals surface area contributed by atoms with E-state index in [0.29, 0.717) is 31.2 Å². The Hall–Kier alpha value is -3.81. The van der Waals surface area contributed by atoms with Crippen LogP contribution in [0.25, 0.3) is 0 Å². The van der Waals surface area contributed by atoms with Gasteiger partial charge in [-0.25, -0.2) is 8.42 Å². The molecule has 5 rings (SSSR count). The van der Waals surface area contributed by atoms with E-state index in [9.17, 15) is 32.7 Å². The molecule has 0 aliphatic carbocycles. The molecule has 5 unspecified atom stereocenters. The van der Waals surface area contributed by atoms with Crippen molar-refractivity contribution < 1.29 is 37.4 Å². The lowest BCUT2D eigenvalue weighted by atomic mass is 9.94. The molecule has 3 saturated heterocycles. The lowest BCUT2D eigenvalue weighted by molar-refractivity contribution is -0.156. The quantitative estimate of drug-likeness (QED) is 0.411. The fraction of sp³-hybridized carbons (Fsp3) is 0.429. The number of fused-ring (bicyclic) bond motifs is 1. The maximum Gasteiger partial charge on any atom is 0.310 e. The Balaban J connectivity index is 1.45. The van der Waals surface area contributed by atoms with Crippen LogP contribution in [0.15, 0.2) is 65.6 Å². The number of hydrogen-bond donors (Lipinski definition) is 3. The van der Waals surface area contributed by atoms with Crippen molar-refractivity contribution >= 4 is 33.7 Å². The number of amides is 3. The number of esters is 1. The highest BCUT2D eigenvalue weighted by Crippen LogP contribution is 2.29. The number of aliphatic hydroxyl groups is 1. The second-order valence-electron chi connectivity index (χ2n) is 10.4. The standard InChI is InChI=1S/C28H32N4O8S/c33-24-15-22(28(37)40-24)30-26(35)23-17-31(41(38,39)20-12-5-2-6-13-20)16-19-11-7-8-14-21(27(36)32(19)23)29-25(34)18-9-3-1-4-10-18/h1-6,9-10,12-13,19,21-23,28,37H,7-8,11,14-17H2,(H,29,34)(H,30,35). The molecule has 2 aromatic carbocycles. The van der Waals surface area contributed by atoms with Crippen molar-refractivity contribution in [3.63, 3.8) is 0 Å². The van der Waals surface area contributed by atoms with Gasteiger partial charge >= 0.3 is 5.97 Å². The predicted octanol–water partition coefficient (Wildman–Crippen LogP) is 0.379. The van der Waals surface area contributed by atoms with Gasteiger partial charge in [0.2, 0.25) is 28.1 Å². The van der Waals surface area contributed by atoms with E-state index in [4.69, 9.17) is 4.74 Å². The molecule has 12 nitrogen and oxygen atoms in total. The Kier molecular flexibility index (Phi) is 8.38. The van der Waals surface area contributed by atoms with Crippen molar-refractivity contribution in [3.05, 3.63) is 66.2 Å². The minimum absolute atomic E-state index is 0.0280. The number of carbonyl (C=O) groups excluding carboxylic acids is 4. The van der Waals surface area contributed by atoms with E-state index in [0.717, 1.165) is 0 Å². The molecular formula is C28H32N4O8S. The molecule has 0 saturated carbocycles. The maximum atomic E-state index is 14.0. The number of benzene rings is 2. The highest BCUT2D eigenvalue weighted by Gasteiger charge is 2.48. The number of piperazine rings is 1. The predicted molar refractivity (Wildman–Crippen MR) is 144 cm³/mol. The van der Waals surface area contributed by atoms with Crippen molar-refractivity contribution in [3.8, 4) is 0 Å². The normalized spacial score (nSPS) is 27.2. The number of sulfonamides is 1. The Bertz CT molecular complexity index is 1400. The average molecular weight is 585 g/mol. The van der Waals surface area contributed by atoms with Crippen LogP contribution >= 0.6 is 0 Å². The van der Waals surface area contributed by atoms with Gasteiger partial charge in [0.25, 0.3) is 5.91 Å². The van der Waals surface area contributed by atoms with Gasteiger partial charge in [0, 0.05) is 24.7 Å². The van der Waals surface area contributed by atoms with Crippen LogP contribution in [0.1, 0.15) is 42.5 Å². The van der Waals surface area contributed by atoms with E-state index in [1.165, 1.54) is 21.3 Å². The molecule has 0 spiro atoms. The molecule has 0 aromatic heterocycles. The zero-order chi connectivity index (χ0) is 29.1. The van der Waals surface area contributed by atoms with Crippen molar-refractivity contribution in [2.24, 2.45) is 0 Å². The molecule has 13 heteroatoms. The number of nitrogens with one attached hydrogen (secondary N) is 2. The zero-order valence-electron chi connectivity index (χ0n) is 22.2. The SMILES string of the molecule is O=C1CC(NC(=O)C2CN(S(=O)(=O)c3ccccc3)CC3CCCCC(NC(=O)c4ccccc4)C(=O)N32)C(O)O1. The van der Waals surface area contributed by atoms with Crippen LogP contribution in [-0.4, -0.2) is 90.0 Å². The van der Waals surface area contributed by atoms with Crippen LogP contribution in [0.5, 0.6) is 0 Å². The fourth-order valence-corrected chi connectivity index (χ4v) is 7.09. The highest BCUT2D eigenvalue weighted by atomic mass is 32.2. The average Bonchev–Trinajstić information content (AvgIpc) is 3.29. The fourth-order valence-electron chi connectivity index (χ4n) is 5.59. The number of cyclic esters (lactones) is 1. The van der Waals surface area contributed by atoms with E-state index < -0.39 is 64.2 Å². The van der Waals surface area contributed by atoms with Gasteiger partial charge in [-0.3, -0.25) is 19.2 Å². The van der Waals surface area contributed by atoms with Crippen molar-refractivity contribution in [2.75, 3.05) is 13.1 Å². The number of aliphatic hydroxyl groups excluding tert-OH is 1. The minimum Gasteiger partial charge on any atom is -0.434 e. The summed E-state index contributed by atoms with van der Waals surface area (Å²) in [5, 5.41) is 15.4. The van der Waals surface area contributed by atoms with Gasteiger partial charge in [0.1, 0.15) is 18.1 Å². The third-order valence-corrected chi connectivity index (χ3v) is 9.53. The van der Waals surface area contributed by atoms with Crippen LogP contribution in [0.3, 0.4) is 0 Å². The first kappa shape index (κ1) is 28.7. The lowest BCUT2D eigenvalue weighted by Gasteiger charge is -2.47. The number of hydrogen-bond acceptors (Lipinski definition) is 8. The Labute approximate surface area is 237 Å². The third-order valence-electron chi connectivity index (χ3n) is 7.69. The lowest BCUT2D eigenvalue weighted by Crippen LogP contribution is -2.68. The largest absolute Gasteiger partial charge is 0.434 e. The first-order valence-corrected chi connectivity index (χ1v) is 15.0. The molecule has 41 heavy (non-hydrogen) atoms. The summed E-state index contributed by atoms with van der Waals surface area (Å²) in [5.74, 6) is -2.34. The Morgan fingerprint density at radius 1 is 0.902 bits per heavy atom. The van der Waals surface area contributed by atoms with E-state index in [-0.39, 0.29) is 24.4 Å². The number of carbonyl (C=O) groups is 4. The van der Waals surface area contributed by atoms with Crippen LogP contribution in [0.2, 0.25) is 0 Å². The van der Waals surface area contributed by atoms with Gasteiger partial charge in [0.05, 0.1) is 11.3 Å². The number of nitrogens with zero attached hydrogens (tertiary/aromatic N) is 2. The van der Waals surface area contributed by atoms with E-state index in [1.807, 2.05) is 0 Å². The summed E-state index contributed by atoms with van der Waals surface area (Å²) < 4.78 is 33.1. The van der Waals surface area contributed by atoms with Crippen molar-refractivity contribution in [1.82, 2.24) is 19.8 Å². The molecule has 3 aliphatic heterocycles. The van der Waals surface area contributed by atoms with E-state index in [1.54, 1.807) is 48.5 Å². The van der Waals surface area contributed by atoms with Gasteiger partial charge in [-0.15, -0.1) is 0 Å². The molecule has 0 radical (unpaired) electrons. The van der Waals surface area contributed by atoms with Crippen molar-refractivity contribution in [1.29, 1.82) is 0 Å². The third kappa shape index (κ3) is 6.11. The first-order chi connectivity index (χ1) is 19.6. The van der Waals surface area contributed by atoms with Crippen LogP contribution < -0.4 is 10.6 Å². The molecule has 218 valence electrons. The van der Waals surface area contributed by atoms with E-state index in [2.05, 4.69) is 10.6 Å². The molecular weight excluding hydrogens is 552 g/mol. The second-order valence-corrected chi connectivity index (χ2v) is 12.4. The molecule has 3 fully saturated rings. The summed E-state index contributed by atoms with van der Waals surface area (Å²) in [6, 6.07) is 12.4. The second kappa shape index (κ2) is 12.0. The maximum absolute atomic E-state index is 14.0. The molecule has 5 atom stereocenters. The summed E-state index contributed by atoms with van der Waals surface area (Å²) >= 11 is 0. The monoisotopic (exact) mass is 584 g/mol. The number of rotatable bonds is 6. The molecule has 3 amide bonds. The topological polar surface area (TPSA) is 162 Å². The van der Waals surface area contributed by atoms with Gasteiger partial charge < -0.3 is 25.4 Å². The molecule has 0 bridgehead atoms. The summed E-state index contributed by atoms with van der Waals surface area (Å²) in [4.78, 5) is 53.8. The van der Waals surface area contributed by atoms with Crippen LogP contribution in [0.4, 0.5) is 0 Å². The minimum atomic E-state index is -4.02. The molecule has 2 aromatic rings. The summed E-state index contributed by atoms with van der Waals surface area (Å²) in [7, 11) is -4.02. The summed E-state index contributed by atoms with van der Waals surface area (Å²) in [6.07, 6.45) is 0.234. The Morgan fingerprint density at radius 3 is 2.22 bits per heavy atom. The van der Waals surface area contributed by atoms with Crippen molar-refractivity contribution in [2.45, 2.75) is 67.5 Å². The van der Waals surface area contributed by atoms with Gasteiger partial charge in [-0.1, -0.05) is 49.2 Å². The summed E-state index contributed by atoms with van der Waals surface area (Å²) in [5.41, 5.74) is 0.381. The molecule has 3 heterocycles. The van der Waals surface area contributed by atoms with Gasteiger partial charge in [-0.05, 0) is 37.1 Å². The first-order valence-electron chi connectivity index (χ1n) is 13.6. The van der Waals surface area contributed by atoms with Gasteiger partial charge in [0.15, 0.2) is 0 Å². The summed E-state index contributed by atoms with van der Waals surface area (Å²) in [6.45, 7) is -0.373. The van der Waals surface area contributed by atoms with Crippen LogP contribution in [-0.2, 0) is 29.1 Å². The zero-order valence-corrected chi connectivity index (χ0v) is 23.0. The smallest absolute Gasteiger partial charge is 0.310 e. The van der Waals surface area contributed by atoms with Crippen LogP contribution in [0, 0.1) is 0 Å². The Morgan fingerprint density at radius 2 is 1.56 bits per heavy atom. The van der Waals surface area contributed by atoms with Gasteiger partial charge in [-0.2, -0.15) is 4.31 Å². The highest BCUT2D eigenvalue weighted by molar-refractivity contribution is 7.89. The molecule has 3 N–H and O–H groups in total.